The molecule has 0 spiro atoms. The van der Waals surface area contributed by atoms with Gasteiger partial charge in [0.05, 0.1) is 24.1 Å². The Labute approximate surface area is 183 Å². The molecule has 166 valence electrons. The van der Waals surface area contributed by atoms with E-state index in [-0.39, 0.29) is 23.5 Å². The van der Waals surface area contributed by atoms with Crippen molar-refractivity contribution in [2.45, 2.75) is 19.5 Å². The van der Waals surface area contributed by atoms with Crippen LogP contribution >= 0.6 is 0 Å². The molecular weight excluding hydrogens is 417 g/mol. The van der Waals surface area contributed by atoms with Gasteiger partial charge in [0.2, 0.25) is 5.91 Å². The molecule has 0 saturated carbocycles. The summed E-state index contributed by atoms with van der Waals surface area (Å²) in [6.45, 7) is 1.31. The van der Waals surface area contributed by atoms with Gasteiger partial charge in [-0.2, -0.15) is 0 Å². The summed E-state index contributed by atoms with van der Waals surface area (Å²) in [5.74, 6) is -1.36. The summed E-state index contributed by atoms with van der Waals surface area (Å²) in [6.07, 6.45) is 1.50. The number of benzene rings is 2. The minimum atomic E-state index is -0.824. The Hall–Kier alpha value is -4.14. The van der Waals surface area contributed by atoms with E-state index in [2.05, 4.69) is 16.0 Å². The highest BCUT2D eigenvalue weighted by Crippen LogP contribution is 2.18. The summed E-state index contributed by atoms with van der Waals surface area (Å²) >= 11 is 0. The molecule has 9 heteroatoms. The zero-order chi connectivity index (χ0) is 22.9. The number of rotatable bonds is 9. The van der Waals surface area contributed by atoms with Crippen LogP contribution in [0.2, 0.25) is 0 Å². The molecule has 0 aliphatic heterocycles. The van der Waals surface area contributed by atoms with E-state index in [0.29, 0.717) is 5.76 Å². The van der Waals surface area contributed by atoms with E-state index in [9.17, 15) is 18.8 Å². The summed E-state index contributed by atoms with van der Waals surface area (Å²) in [5.41, 5.74) is 0.179. The number of ether oxygens (including phenoxy) is 1. The number of amides is 3. The van der Waals surface area contributed by atoms with E-state index >= 15 is 0 Å². The fourth-order valence-electron chi connectivity index (χ4n) is 2.75. The van der Waals surface area contributed by atoms with Crippen molar-refractivity contribution in [2.24, 2.45) is 0 Å². The normalized spacial score (nSPS) is 11.3. The first-order valence-electron chi connectivity index (χ1n) is 9.81. The molecule has 0 radical (unpaired) electrons. The number of para-hydroxylation sites is 2. The smallest absolute Gasteiger partial charge is 0.262 e. The molecule has 3 amide bonds. The van der Waals surface area contributed by atoms with Crippen molar-refractivity contribution in [3.63, 3.8) is 0 Å². The van der Waals surface area contributed by atoms with Crippen LogP contribution in [0.15, 0.2) is 71.3 Å². The zero-order valence-electron chi connectivity index (χ0n) is 17.3. The minimum absolute atomic E-state index is 0.0292. The zero-order valence-corrected chi connectivity index (χ0v) is 17.3. The monoisotopic (exact) mass is 439 g/mol. The lowest BCUT2D eigenvalue weighted by atomic mass is 10.1. The fourth-order valence-corrected chi connectivity index (χ4v) is 2.75. The third kappa shape index (κ3) is 6.18. The van der Waals surface area contributed by atoms with Gasteiger partial charge in [-0.15, -0.1) is 0 Å². The lowest BCUT2D eigenvalue weighted by Gasteiger charge is -2.16. The number of hydrogen-bond donors (Lipinski definition) is 3. The van der Waals surface area contributed by atoms with E-state index in [1.54, 1.807) is 37.3 Å². The Balaban J connectivity index is 1.55. The Morgan fingerprint density at radius 2 is 1.78 bits per heavy atom. The second-order valence-electron chi connectivity index (χ2n) is 6.81. The lowest BCUT2D eigenvalue weighted by Crippen LogP contribution is -2.44. The van der Waals surface area contributed by atoms with Gasteiger partial charge in [0, 0.05) is 0 Å². The van der Waals surface area contributed by atoms with Crippen LogP contribution in [0.4, 0.5) is 10.1 Å². The SMILES string of the molecule is CC(NC(=O)c1ccccc1OCC(=O)Nc1ccccc1F)C(=O)NCc1ccco1. The molecule has 0 fully saturated rings. The summed E-state index contributed by atoms with van der Waals surface area (Å²) < 4.78 is 24.3. The van der Waals surface area contributed by atoms with Gasteiger partial charge >= 0.3 is 0 Å². The van der Waals surface area contributed by atoms with Crippen LogP contribution in [-0.2, 0) is 16.1 Å². The van der Waals surface area contributed by atoms with Crippen molar-refractivity contribution in [1.82, 2.24) is 10.6 Å². The molecule has 3 rings (SSSR count). The number of halogens is 1. The highest BCUT2D eigenvalue weighted by molar-refractivity contribution is 5.99. The van der Waals surface area contributed by atoms with Gasteiger partial charge in [0.1, 0.15) is 23.4 Å². The van der Waals surface area contributed by atoms with E-state index in [0.717, 1.165) is 0 Å². The van der Waals surface area contributed by atoms with Crippen molar-refractivity contribution < 1.29 is 27.9 Å². The average Bonchev–Trinajstić information content (AvgIpc) is 3.31. The van der Waals surface area contributed by atoms with Gasteiger partial charge in [0.15, 0.2) is 6.61 Å². The maximum atomic E-state index is 13.7. The van der Waals surface area contributed by atoms with E-state index < -0.39 is 36.2 Å². The van der Waals surface area contributed by atoms with Gasteiger partial charge < -0.3 is 25.1 Å². The highest BCUT2D eigenvalue weighted by atomic mass is 19.1. The third-order valence-corrected chi connectivity index (χ3v) is 4.40. The average molecular weight is 439 g/mol. The number of furan rings is 1. The second kappa shape index (κ2) is 10.8. The van der Waals surface area contributed by atoms with Crippen LogP contribution in [0.1, 0.15) is 23.0 Å². The maximum Gasteiger partial charge on any atom is 0.262 e. The molecule has 2 aromatic carbocycles. The minimum Gasteiger partial charge on any atom is -0.483 e. The molecule has 0 saturated heterocycles. The fraction of sp³-hybridized carbons (Fsp3) is 0.174. The quantitative estimate of drug-likeness (QED) is 0.475. The standard InChI is InChI=1S/C23H22FN3O5/c1-15(22(29)25-13-16-7-6-12-31-16)26-23(30)17-8-2-5-11-20(17)32-14-21(28)27-19-10-4-3-9-18(19)24/h2-12,15H,13-14H2,1H3,(H,25,29)(H,26,30)(H,27,28). The lowest BCUT2D eigenvalue weighted by molar-refractivity contribution is -0.122. The molecule has 8 nitrogen and oxygen atoms in total. The van der Waals surface area contributed by atoms with Crippen molar-refractivity contribution in [3.8, 4) is 5.75 Å². The number of nitrogens with one attached hydrogen (secondary N) is 3. The first-order valence-corrected chi connectivity index (χ1v) is 9.81. The van der Waals surface area contributed by atoms with Gasteiger partial charge in [-0.05, 0) is 43.3 Å². The summed E-state index contributed by atoms with van der Waals surface area (Å²) in [6, 6.07) is 14.6. The van der Waals surface area contributed by atoms with Crippen molar-refractivity contribution in [1.29, 1.82) is 0 Å². The van der Waals surface area contributed by atoms with Crippen LogP contribution in [-0.4, -0.2) is 30.4 Å². The van der Waals surface area contributed by atoms with Crippen LogP contribution in [0.25, 0.3) is 0 Å². The predicted molar refractivity (Wildman–Crippen MR) is 114 cm³/mol. The number of carbonyl (C=O) groups is 3. The Kier molecular flexibility index (Phi) is 7.58. The topological polar surface area (TPSA) is 110 Å². The summed E-state index contributed by atoms with van der Waals surface area (Å²) in [4.78, 5) is 37.0. The molecule has 1 heterocycles. The third-order valence-electron chi connectivity index (χ3n) is 4.40. The van der Waals surface area contributed by atoms with Crippen LogP contribution in [0, 0.1) is 5.82 Å². The first-order chi connectivity index (χ1) is 15.4. The van der Waals surface area contributed by atoms with E-state index in [1.807, 2.05) is 0 Å². The highest BCUT2D eigenvalue weighted by Gasteiger charge is 2.19. The Bertz CT molecular complexity index is 1080. The molecule has 1 unspecified atom stereocenters. The van der Waals surface area contributed by atoms with E-state index in [1.165, 1.54) is 36.6 Å². The molecule has 32 heavy (non-hydrogen) atoms. The Morgan fingerprint density at radius 3 is 2.53 bits per heavy atom. The molecule has 0 bridgehead atoms. The largest absolute Gasteiger partial charge is 0.483 e. The molecule has 3 aromatic rings. The van der Waals surface area contributed by atoms with Crippen LogP contribution < -0.4 is 20.7 Å². The number of anilines is 1. The maximum absolute atomic E-state index is 13.7. The summed E-state index contributed by atoms with van der Waals surface area (Å²) in [5, 5.41) is 7.65. The van der Waals surface area contributed by atoms with Gasteiger partial charge in [0.25, 0.3) is 11.8 Å². The summed E-state index contributed by atoms with van der Waals surface area (Å²) in [7, 11) is 0. The molecular formula is C23H22FN3O5. The Morgan fingerprint density at radius 1 is 1.03 bits per heavy atom. The van der Waals surface area contributed by atoms with Crippen molar-refractivity contribution in [3.05, 3.63) is 84.1 Å². The predicted octanol–water partition coefficient (Wildman–Crippen LogP) is 2.87. The number of carbonyl (C=O) groups excluding carboxylic acids is 3. The van der Waals surface area contributed by atoms with Crippen LogP contribution in [0.3, 0.4) is 0 Å². The van der Waals surface area contributed by atoms with Gasteiger partial charge in [-0.25, -0.2) is 4.39 Å². The van der Waals surface area contributed by atoms with Crippen molar-refractivity contribution >= 4 is 23.4 Å². The molecule has 0 aliphatic carbocycles. The van der Waals surface area contributed by atoms with E-state index in [4.69, 9.17) is 9.15 Å². The number of hydrogen-bond acceptors (Lipinski definition) is 5. The van der Waals surface area contributed by atoms with Gasteiger partial charge in [-0.3, -0.25) is 14.4 Å². The molecule has 0 aliphatic rings. The second-order valence-corrected chi connectivity index (χ2v) is 6.81. The first kappa shape index (κ1) is 22.5. The van der Waals surface area contributed by atoms with Crippen molar-refractivity contribution in [2.75, 3.05) is 11.9 Å². The molecule has 3 N–H and O–H groups in total. The molecule has 1 atom stereocenters. The molecule has 1 aromatic heterocycles. The van der Waals surface area contributed by atoms with Gasteiger partial charge in [-0.1, -0.05) is 24.3 Å². The van der Waals surface area contributed by atoms with Crippen LogP contribution in [0.5, 0.6) is 5.75 Å².